The molecule has 24 heavy (non-hydrogen) atoms. The molecule has 2 heterocycles. The molecule has 0 radical (unpaired) electrons. The zero-order valence-corrected chi connectivity index (χ0v) is 15.6. The predicted molar refractivity (Wildman–Crippen MR) is 101 cm³/mol. The maximum absolute atomic E-state index is 5.15. The molecule has 0 spiro atoms. The number of thiophene rings is 1. The summed E-state index contributed by atoms with van der Waals surface area (Å²) in [6, 6.07) is 10.4. The van der Waals surface area contributed by atoms with Crippen molar-refractivity contribution in [3.05, 3.63) is 45.8 Å². The van der Waals surface area contributed by atoms with Crippen LogP contribution in [0.25, 0.3) is 0 Å². The lowest BCUT2D eigenvalue weighted by molar-refractivity contribution is 0.396. The van der Waals surface area contributed by atoms with Crippen molar-refractivity contribution in [3.8, 4) is 5.88 Å². The fourth-order valence-corrected chi connectivity index (χ4v) is 3.34. The largest absolute Gasteiger partial charge is 0.481 e. The minimum atomic E-state index is 0.305. The number of hydrogen-bond donors (Lipinski definition) is 2. The molecule has 2 N–H and O–H groups in total. The second-order valence-electron chi connectivity index (χ2n) is 5.63. The average Bonchev–Trinajstić information content (AvgIpc) is 2.97. The van der Waals surface area contributed by atoms with Crippen LogP contribution in [0.3, 0.4) is 0 Å². The fourth-order valence-electron chi connectivity index (χ4n) is 2.32. The van der Waals surface area contributed by atoms with Crippen molar-refractivity contribution in [2.45, 2.75) is 39.8 Å². The van der Waals surface area contributed by atoms with Gasteiger partial charge in [-0.3, -0.25) is 0 Å². The number of aliphatic imine (C=N–C) groups is 1. The molecule has 0 fully saturated rings. The van der Waals surface area contributed by atoms with Crippen molar-refractivity contribution < 1.29 is 4.74 Å². The van der Waals surface area contributed by atoms with E-state index in [1.165, 1.54) is 9.75 Å². The smallest absolute Gasteiger partial charge is 0.213 e. The molecule has 130 valence electrons. The average molecular weight is 347 g/mol. The molecule has 0 aliphatic rings. The van der Waals surface area contributed by atoms with Gasteiger partial charge in [0.1, 0.15) is 0 Å². The number of rotatable bonds is 7. The van der Waals surface area contributed by atoms with E-state index in [9.17, 15) is 0 Å². The minimum Gasteiger partial charge on any atom is -0.481 e. The molecule has 5 nitrogen and oxygen atoms in total. The normalized spacial score (nSPS) is 12.8. The second-order valence-corrected chi connectivity index (χ2v) is 7.00. The zero-order valence-electron chi connectivity index (χ0n) is 14.8. The van der Waals surface area contributed by atoms with Gasteiger partial charge in [-0.05, 0) is 39.0 Å². The number of hydrogen-bond acceptors (Lipinski definition) is 4. The van der Waals surface area contributed by atoms with E-state index in [1.54, 1.807) is 7.11 Å². The van der Waals surface area contributed by atoms with Crippen LogP contribution in [0.1, 0.15) is 29.3 Å². The van der Waals surface area contributed by atoms with Gasteiger partial charge in [0, 0.05) is 34.8 Å². The minimum absolute atomic E-state index is 0.305. The Hall–Kier alpha value is -2.08. The fraction of sp³-hybridized carbons (Fsp3) is 0.444. The third-order valence-electron chi connectivity index (χ3n) is 3.42. The van der Waals surface area contributed by atoms with Crippen LogP contribution in [-0.4, -0.2) is 30.6 Å². The molecular formula is C18H26N4OS. The Morgan fingerprint density at radius 3 is 2.83 bits per heavy atom. The SMILES string of the molecule is CCNC(=NCc1cccc(OC)n1)NC(C)Cc1ccc(C)s1. The molecule has 6 heteroatoms. The Morgan fingerprint density at radius 1 is 1.33 bits per heavy atom. The number of nitrogens with zero attached hydrogens (tertiary/aromatic N) is 2. The van der Waals surface area contributed by atoms with Gasteiger partial charge in [0.25, 0.3) is 0 Å². The highest BCUT2D eigenvalue weighted by atomic mass is 32.1. The van der Waals surface area contributed by atoms with Gasteiger partial charge in [-0.2, -0.15) is 0 Å². The lowest BCUT2D eigenvalue weighted by Crippen LogP contribution is -2.43. The number of aryl methyl sites for hydroxylation is 1. The molecule has 0 aliphatic carbocycles. The number of pyridine rings is 1. The van der Waals surface area contributed by atoms with E-state index in [1.807, 2.05) is 29.5 Å². The number of ether oxygens (including phenoxy) is 1. The van der Waals surface area contributed by atoms with Gasteiger partial charge in [0.2, 0.25) is 5.88 Å². The quantitative estimate of drug-likeness (QED) is 0.597. The molecule has 2 aromatic heterocycles. The summed E-state index contributed by atoms with van der Waals surface area (Å²) in [6.45, 7) is 7.71. The van der Waals surface area contributed by atoms with E-state index in [4.69, 9.17) is 4.74 Å². The summed E-state index contributed by atoms with van der Waals surface area (Å²) in [5.74, 6) is 1.42. The van der Waals surface area contributed by atoms with Gasteiger partial charge >= 0.3 is 0 Å². The van der Waals surface area contributed by atoms with E-state index < -0.39 is 0 Å². The van der Waals surface area contributed by atoms with Crippen LogP contribution in [0.5, 0.6) is 5.88 Å². The van der Waals surface area contributed by atoms with Gasteiger partial charge in [-0.1, -0.05) is 6.07 Å². The molecule has 2 aromatic rings. The molecule has 0 saturated heterocycles. The molecule has 0 aromatic carbocycles. The first-order chi connectivity index (χ1) is 11.6. The zero-order chi connectivity index (χ0) is 17.4. The van der Waals surface area contributed by atoms with E-state index in [0.29, 0.717) is 18.5 Å². The topological polar surface area (TPSA) is 58.5 Å². The number of aromatic nitrogens is 1. The molecular weight excluding hydrogens is 320 g/mol. The lowest BCUT2D eigenvalue weighted by atomic mass is 10.2. The third kappa shape index (κ3) is 5.85. The summed E-state index contributed by atoms with van der Waals surface area (Å²) in [6.07, 6.45) is 0.986. The van der Waals surface area contributed by atoms with Crippen molar-refractivity contribution in [3.63, 3.8) is 0 Å². The highest BCUT2D eigenvalue weighted by Gasteiger charge is 2.08. The van der Waals surface area contributed by atoms with Crippen molar-refractivity contribution in [1.29, 1.82) is 0 Å². The van der Waals surface area contributed by atoms with Crippen molar-refractivity contribution in [2.24, 2.45) is 4.99 Å². The summed E-state index contributed by atoms with van der Waals surface area (Å²) in [5, 5.41) is 6.75. The Kier molecular flexibility index (Phi) is 7.06. The molecule has 1 unspecified atom stereocenters. The molecule has 1 atom stereocenters. The molecule has 2 rings (SSSR count). The van der Waals surface area contributed by atoms with Gasteiger partial charge in [-0.15, -0.1) is 11.3 Å². The van der Waals surface area contributed by atoms with Crippen LogP contribution < -0.4 is 15.4 Å². The molecule has 0 saturated carbocycles. The molecule has 0 amide bonds. The van der Waals surface area contributed by atoms with Crippen LogP contribution in [0.2, 0.25) is 0 Å². The van der Waals surface area contributed by atoms with Crippen LogP contribution in [0.15, 0.2) is 35.3 Å². The summed E-state index contributed by atoms with van der Waals surface area (Å²) in [7, 11) is 1.62. The Bertz CT molecular complexity index is 669. The first kappa shape index (κ1) is 18.3. The van der Waals surface area contributed by atoms with Gasteiger partial charge in [0.15, 0.2) is 5.96 Å². The first-order valence-electron chi connectivity index (χ1n) is 8.20. The summed E-state index contributed by atoms with van der Waals surface area (Å²) >= 11 is 1.85. The predicted octanol–water partition coefficient (Wildman–Crippen LogP) is 3.15. The van der Waals surface area contributed by atoms with Crippen LogP contribution in [-0.2, 0) is 13.0 Å². The Balaban J connectivity index is 1.96. The van der Waals surface area contributed by atoms with E-state index in [0.717, 1.165) is 24.6 Å². The molecule has 0 bridgehead atoms. The van der Waals surface area contributed by atoms with E-state index in [2.05, 4.69) is 53.5 Å². The second kappa shape index (κ2) is 9.27. The highest BCUT2D eigenvalue weighted by Crippen LogP contribution is 2.16. The maximum Gasteiger partial charge on any atom is 0.213 e. The summed E-state index contributed by atoms with van der Waals surface area (Å²) in [5.41, 5.74) is 0.882. The summed E-state index contributed by atoms with van der Waals surface area (Å²) < 4.78 is 5.15. The lowest BCUT2D eigenvalue weighted by Gasteiger charge is -2.17. The molecule has 0 aliphatic heterocycles. The third-order valence-corrected chi connectivity index (χ3v) is 4.44. The van der Waals surface area contributed by atoms with Crippen LogP contribution in [0, 0.1) is 6.92 Å². The van der Waals surface area contributed by atoms with Crippen molar-refractivity contribution >= 4 is 17.3 Å². The maximum atomic E-state index is 5.15. The standard InChI is InChI=1S/C18H26N4OS/c1-5-19-18(20-12-15-7-6-8-17(22-15)23-4)21-13(2)11-16-10-9-14(3)24-16/h6-10,13H,5,11-12H2,1-4H3,(H2,19,20,21). The Morgan fingerprint density at radius 2 is 2.17 bits per heavy atom. The van der Waals surface area contributed by atoms with E-state index in [-0.39, 0.29) is 0 Å². The van der Waals surface area contributed by atoms with Gasteiger partial charge in [-0.25, -0.2) is 9.98 Å². The van der Waals surface area contributed by atoms with Crippen molar-refractivity contribution in [2.75, 3.05) is 13.7 Å². The van der Waals surface area contributed by atoms with Gasteiger partial charge in [0.05, 0.1) is 19.3 Å². The number of methoxy groups -OCH3 is 1. The summed E-state index contributed by atoms with van der Waals surface area (Å²) in [4.78, 5) is 11.8. The number of nitrogens with one attached hydrogen (secondary N) is 2. The first-order valence-corrected chi connectivity index (χ1v) is 9.02. The van der Waals surface area contributed by atoms with Crippen molar-refractivity contribution in [1.82, 2.24) is 15.6 Å². The number of guanidine groups is 1. The van der Waals surface area contributed by atoms with Crippen LogP contribution >= 0.6 is 11.3 Å². The van der Waals surface area contributed by atoms with Crippen LogP contribution in [0.4, 0.5) is 0 Å². The Labute approximate surface area is 148 Å². The monoisotopic (exact) mass is 346 g/mol. The highest BCUT2D eigenvalue weighted by molar-refractivity contribution is 7.11. The van der Waals surface area contributed by atoms with E-state index >= 15 is 0 Å². The van der Waals surface area contributed by atoms with Gasteiger partial charge < -0.3 is 15.4 Å².